The van der Waals surface area contributed by atoms with E-state index in [1.165, 1.54) is 23.1 Å². The summed E-state index contributed by atoms with van der Waals surface area (Å²) < 4.78 is 1.97. The highest BCUT2D eigenvalue weighted by Crippen LogP contribution is 2.30. The lowest BCUT2D eigenvalue weighted by Crippen LogP contribution is -2.14. The SMILES string of the molecule is CCCCc1nnc(SCC(=O)Nc2nc(-c3ccccc3)c(C)s2)n1C. The van der Waals surface area contributed by atoms with Gasteiger partial charge in [0.2, 0.25) is 5.91 Å². The molecule has 0 radical (unpaired) electrons. The Morgan fingerprint density at radius 2 is 2.04 bits per heavy atom. The number of hydrogen-bond donors (Lipinski definition) is 1. The second kappa shape index (κ2) is 9.14. The fraction of sp³-hybridized carbons (Fsp3) is 0.368. The maximum absolute atomic E-state index is 12.3. The van der Waals surface area contributed by atoms with Crippen LogP contribution in [0.2, 0.25) is 0 Å². The molecular weight excluding hydrogens is 378 g/mol. The summed E-state index contributed by atoms with van der Waals surface area (Å²) in [5.74, 6) is 1.15. The zero-order chi connectivity index (χ0) is 19.2. The predicted octanol–water partition coefficient (Wildman–Crippen LogP) is 4.32. The van der Waals surface area contributed by atoms with Crippen LogP contribution in [-0.4, -0.2) is 31.4 Å². The van der Waals surface area contributed by atoms with Crippen molar-refractivity contribution < 1.29 is 4.79 Å². The first-order valence-electron chi connectivity index (χ1n) is 8.92. The lowest BCUT2D eigenvalue weighted by molar-refractivity contribution is -0.113. The highest BCUT2D eigenvalue weighted by atomic mass is 32.2. The number of thiazole rings is 1. The van der Waals surface area contributed by atoms with Gasteiger partial charge in [0.05, 0.1) is 11.4 Å². The van der Waals surface area contributed by atoms with Crippen molar-refractivity contribution in [1.82, 2.24) is 19.7 Å². The van der Waals surface area contributed by atoms with Crippen LogP contribution in [0, 0.1) is 6.92 Å². The third-order valence-corrected chi connectivity index (χ3v) is 6.01. The standard InChI is InChI=1S/C19H23N5OS2/c1-4-5-11-15-22-23-19(24(15)3)26-12-16(25)20-18-21-17(13(2)27-18)14-9-7-6-8-10-14/h6-10H,4-5,11-12H2,1-3H3,(H,20,21,25). The van der Waals surface area contributed by atoms with Crippen molar-refractivity contribution in [2.45, 2.75) is 38.3 Å². The van der Waals surface area contributed by atoms with Crippen LogP contribution in [0.3, 0.4) is 0 Å². The molecule has 0 fully saturated rings. The van der Waals surface area contributed by atoms with Gasteiger partial charge in [0.15, 0.2) is 10.3 Å². The maximum atomic E-state index is 12.3. The Hall–Kier alpha value is -2.19. The molecule has 0 unspecified atom stereocenters. The third-order valence-electron chi connectivity index (χ3n) is 4.10. The first-order chi connectivity index (χ1) is 13.1. The molecule has 0 saturated heterocycles. The van der Waals surface area contributed by atoms with Crippen LogP contribution < -0.4 is 5.32 Å². The highest BCUT2D eigenvalue weighted by Gasteiger charge is 2.14. The van der Waals surface area contributed by atoms with Gasteiger partial charge in [-0.05, 0) is 13.3 Å². The van der Waals surface area contributed by atoms with E-state index in [9.17, 15) is 4.79 Å². The number of carbonyl (C=O) groups excluding carboxylic acids is 1. The van der Waals surface area contributed by atoms with Crippen molar-refractivity contribution in [1.29, 1.82) is 0 Å². The number of anilines is 1. The van der Waals surface area contributed by atoms with Gasteiger partial charge in [-0.3, -0.25) is 4.79 Å². The lowest BCUT2D eigenvalue weighted by Gasteiger charge is -2.03. The van der Waals surface area contributed by atoms with Crippen molar-refractivity contribution >= 4 is 34.1 Å². The topological polar surface area (TPSA) is 72.7 Å². The molecule has 0 aliphatic carbocycles. The number of nitrogens with one attached hydrogen (secondary N) is 1. The summed E-state index contributed by atoms with van der Waals surface area (Å²) in [6.07, 6.45) is 3.12. The first kappa shape index (κ1) is 19.6. The molecule has 2 aromatic heterocycles. The van der Waals surface area contributed by atoms with E-state index in [1.54, 1.807) is 0 Å². The molecule has 2 heterocycles. The van der Waals surface area contributed by atoms with Gasteiger partial charge in [-0.1, -0.05) is 55.4 Å². The summed E-state index contributed by atoms with van der Waals surface area (Å²) in [5.41, 5.74) is 1.97. The minimum absolute atomic E-state index is 0.0912. The van der Waals surface area contributed by atoms with Gasteiger partial charge in [0.25, 0.3) is 0 Å². The Kier molecular flexibility index (Phi) is 6.63. The Balaban J connectivity index is 1.58. The molecule has 0 atom stereocenters. The van der Waals surface area contributed by atoms with Gasteiger partial charge in [0, 0.05) is 23.9 Å². The van der Waals surface area contributed by atoms with E-state index in [0.717, 1.165) is 46.4 Å². The number of aromatic nitrogens is 4. The number of rotatable bonds is 8. The zero-order valence-electron chi connectivity index (χ0n) is 15.7. The van der Waals surface area contributed by atoms with E-state index in [4.69, 9.17) is 0 Å². The summed E-state index contributed by atoms with van der Waals surface area (Å²) in [5, 5.41) is 12.7. The van der Waals surface area contributed by atoms with E-state index in [1.807, 2.05) is 48.9 Å². The van der Waals surface area contributed by atoms with Crippen molar-refractivity contribution in [3.05, 3.63) is 41.0 Å². The van der Waals surface area contributed by atoms with E-state index >= 15 is 0 Å². The number of amides is 1. The number of hydrogen-bond acceptors (Lipinski definition) is 6. The molecule has 3 aromatic rings. The average Bonchev–Trinajstić information content (AvgIpc) is 3.21. The Morgan fingerprint density at radius 1 is 1.26 bits per heavy atom. The molecule has 27 heavy (non-hydrogen) atoms. The molecule has 6 nitrogen and oxygen atoms in total. The molecule has 8 heteroatoms. The largest absolute Gasteiger partial charge is 0.309 e. The maximum Gasteiger partial charge on any atom is 0.236 e. The van der Waals surface area contributed by atoms with Gasteiger partial charge in [-0.2, -0.15) is 0 Å². The van der Waals surface area contributed by atoms with Crippen LogP contribution in [0.5, 0.6) is 0 Å². The van der Waals surface area contributed by atoms with Crippen molar-refractivity contribution in [2.75, 3.05) is 11.1 Å². The average molecular weight is 402 g/mol. The molecule has 1 aromatic carbocycles. The molecule has 0 aliphatic heterocycles. The number of aryl methyl sites for hydroxylation is 2. The number of thioether (sulfide) groups is 1. The fourth-order valence-electron chi connectivity index (χ4n) is 2.62. The summed E-state index contributed by atoms with van der Waals surface area (Å²) >= 11 is 2.88. The predicted molar refractivity (Wildman–Crippen MR) is 111 cm³/mol. The molecule has 1 N–H and O–H groups in total. The monoisotopic (exact) mass is 401 g/mol. The summed E-state index contributed by atoms with van der Waals surface area (Å²) in [4.78, 5) is 18.0. The van der Waals surface area contributed by atoms with Gasteiger partial charge >= 0.3 is 0 Å². The Labute approximate surface area is 167 Å². The lowest BCUT2D eigenvalue weighted by atomic mass is 10.1. The number of unbranched alkanes of at least 4 members (excludes halogenated alkanes) is 1. The van der Waals surface area contributed by atoms with E-state index in [2.05, 4.69) is 27.4 Å². The molecular formula is C19H23N5OS2. The van der Waals surface area contributed by atoms with Gasteiger partial charge in [0.1, 0.15) is 5.82 Å². The Morgan fingerprint density at radius 3 is 2.78 bits per heavy atom. The second-order valence-electron chi connectivity index (χ2n) is 6.19. The normalized spacial score (nSPS) is 10.9. The smallest absolute Gasteiger partial charge is 0.236 e. The molecule has 0 bridgehead atoms. The summed E-state index contributed by atoms with van der Waals surface area (Å²) in [7, 11) is 1.95. The summed E-state index contributed by atoms with van der Waals surface area (Å²) in [6.45, 7) is 4.17. The van der Waals surface area contributed by atoms with Crippen molar-refractivity contribution in [2.24, 2.45) is 7.05 Å². The first-order valence-corrected chi connectivity index (χ1v) is 10.7. The van der Waals surface area contributed by atoms with Crippen LogP contribution in [0.15, 0.2) is 35.5 Å². The molecule has 3 rings (SSSR count). The van der Waals surface area contributed by atoms with Crippen molar-refractivity contribution in [3.8, 4) is 11.3 Å². The molecule has 0 spiro atoms. The molecule has 0 aliphatic rings. The highest BCUT2D eigenvalue weighted by molar-refractivity contribution is 7.99. The minimum atomic E-state index is -0.0912. The van der Waals surface area contributed by atoms with E-state index in [-0.39, 0.29) is 11.7 Å². The molecule has 1 amide bonds. The van der Waals surface area contributed by atoms with Gasteiger partial charge < -0.3 is 9.88 Å². The second-order valence-corrected chi connectivity index (χ2v) is 8.33. The zero-order valence-corrected chi connectivity index (χ0v) is 17.4. The molecule has 0 saturated carbocycles. The summed E-state index contributed by atoms with van der Waals surface area (Å²) in [6, 6.07) is 9.99. The van der Waals surface area contributed by atoms with Gasteiger partial charge in [-0.15, -0.1) is 21.5 Å². The number of benzene rings is 1. The van der Waals surface area contributed by atoms with Crippen LogP contribution >= 0.6 is 23.1 Å². The number of nitrogens with zero attached hydrogens (tertiary/aromatic N) is 4. The Bertz CT molecular complexity index is 904. The minimum Gasteiger partial charge on any atom is -0.309 e. The van der Waals surface area contributed by atoms with Crippen molar-refractivity contribution in [3.63, 3.8) is 0 Å². The van der Waals surface area contributed by atoms with E-state index < -0.39 is 0 Å². The van der Waals surface area contributed by atoms with Crippen LogP contribution in [0.4, 0.5) is 5.13 Å². The quantitative estimate of drug-likeness (QED) is 0.569. The van der Waals surface area contributed by atoms with Crippen LogP contribution in [0.1, 0.15) is 30.5 Å². The fourth-order valence-corrected chi connectivity index (χ4v) is 4.20. The number of carbonyl (C=O) groups is 1. The van der Waals surface area contributed by atoms with Crippen LogP contribution in [-0.2, 0) is 18.3 Å². The molecule has 142 valence electrons. The van der Waals surface area contributed by atoms with Gasteiger partial charge in [-0.25, -0.2) is 4.98 Å². The third kappa shape index (κ3) is 4.95. The van der Waals surface area contributed by atoms with Crippen LogP contribution in [0.25, 0.3) is 11.3 Å². The van der Waals surface area contributed by atoms with E-state index in [0.29, 0.717) is 5.13 Å².